The molecule has 1 saturated heterocycles. The van der Waals surface area contributed by atoms with E-state index < -0.39 is 28.5 Å². The van der Waals surface area contributed by atoms with Crippen molar-refractivity contribution < 1.29 is 32.2 Å². The highest BCUT2D eigenvalue weighted by molar-refractivity contribution is 7.89. The number of sulfonamides is 1. The Hall–Kier alpha value is -3.21. The largest absolute Gasteiger partial charge is 0.496 e. The van der Waals surface area contributed by atoms with Crippen LogP contribution in [-0.2, 0) is 29.1 Å². The Morgan fingerprint density at radius 2 is 1.78 bits per heavy atom. The van der Waals surface area contributed by atoms with Crippen LogP contribution in [0.4, 0.5) is 5.69 Å². The molecule has 0 bridgehead atoms. The van der Waals surface area contributed by atoms with Crippen molar-refractivity contribution in [1.82, 2.24) is 4.31 Å². The number of esters is 1. The first kappa shape index (κ1) is 23.5. The van der Waals surface area contributed by atoms with Crippen LogP contribution in [0.2, 0.25) is 0 Å². The van der Waals surface area contributed by atoms with Crippen LogP contribution in [0.1, 0.15) is 5.56 Å². The zero-order valence-electron chi connectivity index (χ0n) is 17.5. The molecule has 0 atom stereocenters. The fourth-order valence-electron chi connectivity index (χ4n) is 2.99. The standard InChI is InChI=1S/C22H24N2O7S/c1-29-20-5-3-2-4-17(20)6-11-22(26)31-16-21(25)23-18-7-9-19(10-8-18)32(27,28)24-12-14-30-15-13-24/h2-11H,12-16H2,1H3,(H,23,25)/b11-6+. The van der Waals surface area contributed by atoms with Crippen molar-refractivity contribution >= 4 is 33.7 Å². The van der Waals surface area contributed by atoms with Crippen LogP contribution >= 0.6 is 0 Å². The van der Waals surface area contributed by atoms with Crippen LogP contribution in [0.25, 0.3) is 6.08 Å². The highest BCUT2D eigenvalue weighted by atomic mass is 32.2. The third kappa shape index (κ3) is 6.16. The lowest BCUT2D eigenvalue weighted by Gasteiger charge is -2.26. The number of para-hydroxylation sites is 1. The van der Waals surface area contributed by atoms with Crippen LogP contribution in [0, 0.1) is 0 Å². The third-order valence-electron chi connectivity index (χ3n) is 4.63. The van der Waals surface area contributed by atoms with Crippen LogP contribution < -0.4 is 10.1 Å². The molecular weight excluding hydrogens is 436 g/mol. The molecule has 2 aromatic carbocycles. The predicted octanol–water partition coefficient (Wildman–Crippen LogP) is 1.91. The molecule has 0 aliphatic carbocycles. The van der Waals surface area contributed by atoms with Gasteiger partial charge in [-0.2, -0.15) is 4.31 Å². The minimum atomic E-state index is -3.61. The number of amides is 1. The van der Waals surface area contributed by atoms with Gasteiger partial charge in [-0.3, -0.25) is 4.79 Å². The lowest BCUT2D eigenvalue weighted by molar-refractivity contribution is -0.142. The summed E-state index contributed by atoms with van der Waals surface area (Å²) in [4.78, 5) is 24.0. The molecule has 0 radical (unpaired) electrons. The van der Waals surface area contributed by atoms with E-state index in [1.165, 1.54) is 47.8 Å². The number of methoxy groups -OCH3 is 1. The molecule has 1 amide bonds. The maximum atomic E-state index is 12.6. The summed E-state index contributed by atoms with van der Waals surface area (Å²) in [6.45, 7) is 0.846. The van der Waals surface area contributed by atoms with Crippen molar-refractivity contribution in [3.05, 3.63) is 60.2 Å². The van der Waals surface area contributed by atoms with Gasteiger partial charge in [-0.1, -0.05) is 18.2 Å². The van der Waals surface area contributed by atoms with E-state index in [9.17, 15) is 18.0 Å². The van der Waals surface area contributed by atoms with E-state index in [1.54, 1.807) is 18.2 Å². The normalized spacial score (nSPS) is 14.8. The van der Waals surface area contributed by atoms with Gasteiger partial charge in [0.25, 0.3) is 5.91 Å². The Balaban J connectivity index is 1.50. The summed E-state index contributed by atoms with van der Waals surface area (Å²) in [6, 6.07) is 12.9. The van der Waals surface area contributed by atoms with Crippen molar-refractivity contribution in [2.45, 2.75) is 4.90 Å². The van der Waals surface area contributed by atoms with Gasteiger partial charge in [0.1, 0.15) is 5.75 Å². The van der Waals surface area contributed by atoms with Crippen LogP contribution in [-0.4, -0.2) is 64.6 Å². The number of anilines is 1. The molecule has 1 heterocycles. The molecule has 0 saturated carbocycles. The van der Waals surface area contributed by atoms with Crippen LogP contribution in [0.3, 0.4) is 0 Å². The summed E-state index contributed by atoms with van der Waals surface area (Å²) >= 11 is 0. The highest BCUT2D eigenvalue weighted by Crippen LogP contribution is 2.20. The van der Waals surface area contributed by atoms with Crippen LogP contribution in [0.15, 0.2) is 59.5 Å². The number of morpholine rings is 1. The Kier molecular flexibility index (Phi) is 7.98. The summed E-state index contributed by atoms with van der Waals surface area (Å²) in [5.41, 5.74) is 1.08. The maximum Gasteiger partial charge on any atom is 0.331 e. The smallest absolute Gasteiger partial charge is 0.331 e. The van der Waals surface area contributed by atoms with E-state index in [2.05, 4.69) is 5.32 Å². The van der Waals surface area contributed by atoms with Crippen molar-refractivity contribution in [2.24, 2.45) is 0 Å². The summed E-state index contributed by atoms with van der Waals surface area (Å²) in [5.74, 6) is -0.626. The van der Waals surface area contributed by atoms with E-state index in [4.69, 9.17) is 14.2 Å². The summed E-state index contributed by atoms with van der Waals surface area (Å²) in [5, 5.41) is 2.56. The van der Waals surface area contributed by atoms with Gasteiger partial charge >= 0.3 is 5.97 Å². The molecule has 3 rings (SSSR count). The van der Waals surface area contributed by atoms with Crippen molar-refractivity contribution in [3.8, 4) is 5.75 Å². The fourth-order valence-corrected chi connectivity index (χ4v) is 4.40. The Morgan fingerprint density at radius 1 is 1.09 bits per heavy atom. The van der Waals surface area contributed by atoms with Crippen LogP contribution in [0.5, 0.6) is 5.75 Å². The van der Waals surface area contributed by atoms with Gasteiger partial charge in [0.05, 0.1) is 25.2 Å². The lowest BCUT2D eigenvalue weighted by Crippen LogP contribution is -2.40. The molecule has 1 aliphatic heterocycles. The number of benzene rings is 2. The van der Waals surface area contributed by atoms with Gasteiger partial charge in [-0.05, 0) is 36.4 Å². The first-order valence-corrected chi connectivity index (χ1v) is 11.3. The highest BCUT2D eigenvalue weighted by Gasteiger charge is 2.26. The molecule has 0 spiro atoms. The monoisotopic (exact) mass is 460 g/mol. The number of nitrogens with zero attached hydrogens (tertiary/aromatic N) is 1. The number of rotatable bonds is 8. The summed E-state index contributed by atoms with van der Waals surface area (Å²) in [7, 11) is -2.08. The van der Waals surface area contributed by atoms with E-state index in [0.29, 0.717) is 43.3 Å². The quantitative estimate of drug-likeness (QED) is 0.473. The van der Waals surface area contributed by atoms with Gasteiger partial charge in [-0.15, -0.1) is 0 Å². The first-order valence-electron chi connectivity index (χ1n) is 9.86. The number of hydrogen-bond acceptors (Lipinski definition) is 7. The minimum absolute atomic E-state index is 0.130. The van der Waals surface area contributed by atoms with E-state index in [1.807, 2.05) is 6.07 Å². The number of nitrogens with one attached hydrogen (secondary N) is 1. The lowest BCUT2D eigenvalue weighted by atomic mass is 10.2. The van der Waals surface area contributed by atoms with Crippen molar-refractivity contribution in [2.75, 3.05) is 45.3 Å². The van der Waals surface area contributed by atoms with Crippen molar-refractivity contribution in [3.63, 3.8) is 0 Å². The molecule has 2 aromatic rings. The van der Waals surface area contributed by atoms with Gasteiger partial charge in [0.2, 0.25) is 10.0 Å². The minimum Gasteiger partial charge on any atom is -0.496 e. The second-order valence-corrected chi connectivity index (χ2v) is 8.71. The zero-order valence-corrected chi connectivity index (χ0v) is 18.3. The zero-order chi connectivity index (χ0) is 23.0. The number of ether oxygens (including phenoxy) is 3. The summed E-state index contributed by atoms with van der Waals surface area (Å²) in [6.07, 6.45) is 2.74. The molecule has 170 valence electrons. The van der Waals surface area contributed by atoms with Crippen molar-refractivity contribution in [1.29, 1.82) is 0 Å². The Labute approximate surface area is 186 Å². The molecule has 1 N–H and O–H groups in total. The molecule has 1 fully saturated rings. The SMILES string of the molecule is COc1ccccc1/C=C/C(=O)OCC(=O)Nc1ccc(S(=O)(=O)N2CCOCC2)cc1. The molecule has 32 heavy (non-hydrogen) atoms. The second-order valence-electron chi connectivity index (χ2n) is 6.77. The average molecular weight is 461 g/mol. The van der Waals surface area contributed by atoms with E-state index in [-0.39, 0.29) is 4.90 Å². The summed E-state index contributed by atoms with van der Waals surface area (Å²) < 4.78 is 41.9. The molecular formula is C22H24N2O7S. The number of carbonyl (C=O) groups is 2. The fraction of sp³-hybridized carbons (Fsp3) is 0.273. The van der Waals surface area contributed by atoms with Gasteiger partial charge in [0, 0.05) is 30.4 Å². The van der Waals surface area contributed by atoms with Gasteiger partial charge in [0.15, 0.2) is 6.61 Å². The van der Waals surface area contributed by atoms with Gasteiger partial charge in [-0.25, -0.2) is 13.2 Å². The Bertz CT molecular complexity index is 1080. The predicted molar refractivity (Wildman–Crippen MR) is 118 cm³/mol. The second kappa shape index (κ2) is 10.9. The average Bonchev–Trinajstić information content (AvgIpc) is 2.82. The maximum absolute atomic E-state index is 12.6. The van der Waals surface area contributed by atoms with Gasteiger partial charge < -0.3 is 19.5 Å². The number of carbonyl (C=O) groups excluding carboxylic acids is 2. The first-order chi connectivity index (χ1) is 15.4. The van der Waals surface area contributed by atoms with E-state index in [0.717, 1.165) is 0 Å². The molecule has 9 nitrogen and oxygen atoms in total. The molecule has 10 heteroatoms. The number of hydrogen-bond donors (Lipinski definition) is 1. The van der Waals surface area contributed by atoms with E-state index >= 15 is 0 Å². The Morgan fingerprint density at radius 3 is 2.47 bits per heavy atom. The third-order valence-corrected chi connectivity index (χ3v) is 6.54. The molecule has 1 aliphatic rings. The topological polar surface area (TPSA) is 111 Å². The molecule has 0 unspecified atom stereocenters. The molecule has 0 aromatic heterocycles.